The minimum atomic E-state index is -0.946. The predicted molar refractivity (Wildman–Crippen MR) is 59.1 cm³/mol. The van der Waals surface area contributed by atoms with Gasteiger partial charge >= 0.3 is 5.97 Å². The summed E-state index contributed by atoms with van der Waals surface area (Å²) in [5.74, 6) is -1.42. The van der Waals surface area contributed by atoms with Gasteiger partial charge in [0.15, 0.2) is 0 Å². The van der Waals surface area contributed by atoms with Crippen molar-refractivity contribution in [2.45, 2.75) is 6.92 Å². The van der Waals surface area contributed by atoms with Gasteiger partial charge in [0, 0.05) is 5.02 Å². The number of methoxy groups -OCH3 is 2. The summed E-state index contributed by atoms with van der Waals surface area (Å²) < 4.78 is 9.36. The van der Waals surface area contributed by atoms with Crippen molar-refractivity contribution in [1.82, 2.24) is 0 Å². The molecule has 0 aliphatic carbocycles. The molecule has 0 heterocycles. The van der Waals surface area contributed by atoms with Crippen molar-refractivity contribution in [2.75, 3.05) is 14.2 Å². The van der Waals surface area contributed by atoms with E-state index in [0.29, 0.717) is 10.8 Å². The molecule has 0 fully saturated rings. The number of aryl methyl sites for hydroxylation is 1. The van der Waals surface area contributed by atoms with E-state index in [0.717, 1.165) is 12.7 Å². The topological polar surface area (TPSA) is 52.6 Å². The van der Waals surface area contributed by atoms with Crippen molar-refractivity contribution in [1.29, 1.82) is 0 Å². The Bertz CT molecular complexity index is 440. The second-order valence-corrected chi connectivity index (χ2v) is 3.53. The number of carbonyl (C=O) groups is 2. The first-order valence-electron chi connectivity index (χ1n) is 4.48. The Morgan fingerprint density at radius 1 is 1.25 bits per heavy atom. The minimum absolute atomic E-state index is 0.102. The number of rotatable bonds is 3. The van der Waals surface area contributed by atoms with E-state index in [1.54, 1.807) is 13.0 Å². The zero-order valence-corrected chi connectivity index (χ0v) is 9.92. The molecule has 0 aliphatic heterocycles. The molecule has 0 N–H and O–H groups in total. The van der Waals surface area contributed by atoms with Gasteiger partial charge in [-0.3, -0.25) is 4.79 Å². The summed E-state index contributed by atoms with van der Waals surface area (Å²) >= 11 is 5.87. The molecule has 0 saturated carbocycles. The number of carbonyl (C=O) groups excluding carboxylic acids is 2. The smallest absolute Gasteiger partial charge is 0.379 e. The summed E-state index contributed by atoms with van der Waals surface area (Å²) in [5.41, 5.74) is 0.866. The standard InChI is InChI=1S/C11H11ClO4/c1-6-4-9(15-2)7(5-8(6)12)10(13)11(14)16-3/h4-5H,1-3H3. The lowest BCUT2D eigenvalue weighted by molar-refractivity contribution is -0.135. The molecule has 0 aliphatic rings. The van der Waals surface area contributed by atoms with E-state index in [-0.39, 0.29) is 5.56 Å². The Labute approximate surface area is 98.1 Å². The van der Waals surface area contributed by atoms with E-state index in [1.165, 1.54) is 13.2 Å². The molecular weight excluding hydrogens is 232 g/mol. The van der Waals surface area contributed by atoms with Crippen molar-refractivity contribution in [3.63, 3.8) is 0 Å². The van der Waals surface area contributed by atoms with Crippen LogP contribution in [0.3, 0.4) is 0 Å². The number of hydrogen-bond acceptors (Lipinski definition) is 4. The van der Waals surface area contributed by atoms with Gasteiger partial charge in [0.25, 0.3) is 5.78 Å². The highest BCUT2D eigenvalue weighted by atomic mass is 35.5. The number of benzene rings is 1. The highest BCUT2D eigenvalue weighted by molar-refractivity contribution is 6.42. The highest BCUT2D eigenvalue weighted by Gasteiger charge is 2.22. The summed E-state index contributed by atoms with van der Waals surface area (Å²) in [6, 6.07) is 2.99. The van der Waals surface area contributed by atoms with Gasteiger partial charge in [-0.25, -0.2) is 4.79 Å². The molecule has 0 spiro atoms. The van der Waals surface area contributed by atoms with Crippen LogP contribution in [0.2, 0.25) is 5.02 Å². The average molecular weight is 243 g/mol. The van der Waals surface area contributed by atoms with Crippen LogP contribution in [0.15, 0.2) is 12.1 Å². The van der Waals surface area contributed by atoms with Gasteiger partial charge in [-0.15, -0.1) is 0 Å². The summed E-state index contributed by atoms with van der Waals surface area (Å²) in [7, 11) is 2.55. The van der Waals surface area contributed by atoms with Crippen LogP contribution in [0.5, 0.6) is 5.75 Å². The molecule has 1 rings (SSSR count). The Morgan fingerprint density at radius 2 is 1.88 bits per heavy atom. The first-order valence-corrected chi connectivity index (χ1v) is 4.85. The minimum Gasteiger partial charge on any atom is -0.496 e. The Morgan fingerprint density at radius 3 is 2.38 bits per heavy atom. The zero-order valence-electron chi connectivity index (χ0n) is 9.17. The maximum absolute atomic E-state index is 11.6. The third kappa shape index (κ3) is 2.33. The molecule has 0 radical (unpaired) electrons. The molecule has 0 unspecified atom stereocenters. The van der Waals surface area contributed by atoms with E-state index >= 15 is 0 Å². The van der Waals surface area contributed by atoms with Crippen LogP contribution in [-0.2, 0) is 9.53 Å². The van der Waals surface area contributed by atoms with Gasteiger partial charge in [0.2, 0.25) is 0 Å². The second-order valence-electron chi connectivity index (χ2n) is 3.12. The molecule has 0 saturated heterocycles. The summed E-state index contributed by atoms with van der Waals surface area (Å²) in [6.07, 6.45) is 0. The monoisotopic (exact) mass is 242 g/mol. The lowest BCUT2D eigenvalue weighted by Crippen LogP contribution is -2.16. The molecule has 16 heavy (non-hydrogen) atoms. The third-order valence-electron chi connectivity index (χ3n) is 2.10. The maximum Gasteiger partial charge on any atom is 0.379 e. The second kappa shape index (κ2) is 4.99. The van der Waals surface area contributed by atoms with Crippen LogP contribution in [0.1, 0.15) is 15.9 Å². The Kier molecular flexibility index (Phi) is 3.90. The van der Waals surface area contributed by atoms with Crippen LogP contribution < -0.4 is 4.74 Å². The molecule has 86 valence electrons. The van der Waals surface area contributed by atoms with E-state index in [4.69, 9.17) is 16.3 Å². The molecular formula is C11H11ClO4. The van der Waals surface area contributed by atoms with Gasteiger partial charge < -0.3 is 9.47 Å². The summed E-state index contributed by atoms with van der Waals surface area (Å²) in [6.45, 7) is 1.78. The van der Waals surface area contributed by atoms with Crippen LogP contribution in [0, 0.1) is 6.92 Å². The fourth-order valence-corrected chi connectivity index (χ4v) is 1.37. The maximum atomic E-state index is 11.6. The van der Waals surface area contributed by atoms with Crippen LogP contribution >= 0.6 is 11.6 Å². The van der Waals surface area contributed by atoms with E-state index in [1.807, 2.05) is 0 Å². The Hall–Kier alpha value is -1.55. The number of hydrogen-bond donors (Lipinski definition) is 0. The quantitative estimate of drug-likeness (QED) is 0.462. The van der Waals surface area contributed by atoms with E-state index < -0.39 is 11.8 Å². The summed E-state index contributed by atoms with van der Waals surface area (Å²) in [4.78, 5) is 22.7. The largest absolute Gasteiger partial charge is 0.496 e. The van der Waals surface area contributed by atoms with Crippen LogP contribution in [0.4, 0.5) is 0 Å². The van der Waals surface area contributed by atoms with Crippen molar-refractivity contribution >= 4 is 23.4 Å². The SMILES string of the molecule is COC(=O)C(=O)c1cc(Cl)c(C)cc1OC. The molecule has 0 atom stereocenters. The van der Waals surface area contributed by atoms with Gasteiger partial charge in [0.05, 0.1) is 19.8 Å². The average Bonchev–Trinajstić information content (AvgIpc) is 2.30. The number of ketones is 1. The molecule has 0 bridgehead atoms. The van der Waals surface area contributed by atoms with Crippen molar-refractivity contribution < 1.29 is 19.1 Å². The number of esters is 1. The van der Waals surface area contributed by atoms with E-state index in [2.05, 4.69) is 4.74 Å². The fraction of sp³-hybridized carbons (Fsp3) is 0.273. The zero-order chi connectivity index (χ0) is 12.3. The lowest BCUT2D eigenvalue weighted by atomic mass is 10.1. The lowest BCUT2D eigenvalue weighted by Gasteiger charge is -2.08. The number of Topliss-reactive ketones (excluding diaryl/α,β-unsaturated/α-hetero) is 1. The predicted octanol–water partition coefficient (Wildman–Crippen LogP) is 2.01. The summed E-state index contributed by atoms with van der Waals surface area (Å²) in [5, 5.41) is 0.396. The highest BCUT2D eigenvalue weighted by Crippen LogP contribution is 2.27. The number of halogens is 1. The van der Waals surface area contributed by atoms with Gasteiger partial charge in [-0.2, -0.15) is 0 Å². The molecule has 5 heteroatoms. The normalized spacial score (nSPS) is 9.75. The van der Waals surface area contributed by atoms with Gasteiger partial charge in [-0.1, -0.05) is 11.6 Å². The number of ether oxygens (including phenoxy) is 2. The molecule has 4 nitrogen and oxygen atoms in total. The van der Waals surface area contributed by atoms with Crippen LogP contribution in [0.25, 0.3) is 0 Å². The Balaban J connectivity index is 3.27. The van der Waals surface area contributed by atoms with Crippen LogP contribution in [-0.4, -0.2) is 26.0 Å². The molecule has 0 aromatic heterocycles. The molecule has 0 amide bonds. The van der Waals surface area contributed by atoms with E-state index in [9.17, 15) is 9.59 Å². The third-order valence-corrected chi connectivity index (χ3v) is 2.50. The van der Waals surface area contributed by atoms with Crippen molar-refractivity contribution in [3.8, 4) is 5.75 Å². The van der Waals surface area contributed by atoms with Crippen molar-refractivity contribution in [3.05, 3.63) is 28.3 Å². The first kappa shape index (κ1) is 12.5. The molecule has 1 aromatic carbocycles. The fourth-order valence-electron chi connectivity index (χ4n) is 1.20. The first-order chi connectivity index (χ1) is 7.51. The van der Waals surface area contributed by atoms with Crippen molar-refractivity contribution in [2.24, 2.45) is 0 Å². The van der Waals surface area contributed by atoms with Gasteiger partial charge in [0.1, 0.15) is 5.75 Å². The van der Waals surface area contributed by atoms with Gasteiger partial charge in [-0.05, 0) is 24.6 Å². The molecule has 1 aromatic rings.